The van der Waals surface area contributed by atoms with Gasteiger partial charge in [0.2, 0.25) is 5.91 Å². The largest absolute Gasteiger partial charge is 0.395 e. The summed E-state index contributed by atoms with van der Waals surface area (Å²) in [7, 11) is 4.65. The third kappa shape index (κ3) is 6.41. The predicted molar refractivity (Wildman–Crippen MR) is 126 cm³/mol. The fourth-order valence-corrected chi connectivity index (χ4v) is 4.41. The van der Waals surface area contributed by atoms with Crippen molar-refractivity contribution in [2.75, 3.05) is 27.7 Å². The van der Waals surface area contributed by atoms with E-state index >= 15 is 0 Å². The van der Waals surface area contributed by atoms with Gasteiger partial charge in [0.1, 0.15) is 17.5 Å². The normalized spacial score (nSPS) is 16.3. The van der Waals surface area contributed by atoms with Gasteiger partial charge in [0, 0.05) is 55.5 Å². The summed E-state index contributed by atoms with van der Waals surface area (Å²) in [4.78, 5) is 34.2. The van der Waals surface area contributed by atoms with Crippen molar-refractivity contribution in [1.29, 1.82) is 0 Å². The SMILES string of the molecule is CNC(=O)c1cc(F)c(C[C@@H](CNC(=O)C[C@@H](c2cnc(C)nc2)C2(C(F)(F)F)CC2)N(C)C)c(F)c1. The van der Waals surface area contributed by atoms with Gasteiger partial charge in [-0.1, -0.05) is 0 Å². The highest BCUT2D eigenvalue weighted by Crippen LogP contribution is 2.66. The third-order valence-corrected chi connectivity index (χ3v) is 6.95. The number of nitrogens with one attached hydrogen (secondary N) is 2. The Morgan fingerprint density at radius 1 is 1.11 bits per heavy atom. The summed E-state index contributed by atoms with van der Waals surface area (Å²) < 4.78 is 71.0. The first kappa shape index (κ1) is 28.4. The van der Waals surface area contributed by atoms with Gasteiger partial charge in [-0.05, 0) is 58.0 Å². The van der Waals surface area contributed by atoms with Crippen LogP contribution in [0.25, 0.3) is 0 Å². The molecule has 7 nitrogen and oxygen atoms in total. The molecule has 3 rings (SSSR count). The molecule has 1 aliphatic carbocycles. The second kappa shape index (κ2) is 11.1. The standard InChI is InChI=1S/C25H30F5N5O2/c1-14-32-11-16(12-33-14)19(24(5-6-24)25(28,29)30)10-22(36)34-13-17(35(3)4)9-18-20(26)7-15(8-21(18)27)23(37)31-2/h7-8,11-12,17,19H,5-6,9-10,13H2,1-4H3,(H,31,37)(H,34,36)/t17-,19-/m0/s1. The van der Waals surface area contributed by atoms with E-state index in [1.807, 2.05) is 0 Å². The average Bonchev–Trinajstić information content (AvgIpc) is 3.63. The maximum Gasteiger partial charge on any atom is 0.395 e. The smallest absolute Gasteiger partial charge is 0.355 e. The van der Waals surface area contributed by atoms with Crippen LogP contribution >= 0.6 is 0 Å². The Kier molecular flexibility index (Phi) is 8.51. The van der Waals surface area contributed by atoms with E-state index in [4.69, 9.17) is 0 Å². The lowest BCUT2D eigenvalue weighted by Gasteiger charge is -2.29. The van der Waals surface area contributed by atoms with Crippen LogP contribution in [-0.4, -0.2) is 66.6 Å². The Balaban J connectivity index is 1.73. The molecule has 2 N–H and O–H groups in total. The number of hydrogen-bond acceptors (Lipinski definition) is 5. The molecule has 0 aliphatic heterocycles. The van der Waals surface area contributed by atoms with Crippen molar-refractivity contribution in [2.24, 2.45) is 5.41 Å². The molecule has 2 amide bonds. The molecule has 2 atom stereocenters. The monoisotopic (exact) mass is 527 g/mol. The molecule has 1 aromatic heterocycles. The lowest BCUT2D eigenvalue weighted by atomic mass is 9.81. The summed E-state index contributed by atoms with van der Waals surface area (Å²) in [5.41, 5.74) is -2.20. The molecule has 2 aromatic rings. The van der Waals surface area contributed by atoms with Crippen molar-refractivity contribution >= 4 is 11.8 Å². The van der Waals surface area contributed by atoms with Crippen molar-refractivity contribution in [3.63, 3.8) is 0 Å². The third-order valence-electron chi connectivity index (χ3n) is 6.95. The number of carbonyl (C=O) groups excluding carboxylic acids is 2. The molecule has 0 spiro atoms. The van der Waals surface area contributed by atoms with E-state index in [-0.39, 0.29) is 42.5 Å². The molecule has 1 aliphatic rings. The maximum atomic E-state index is 14.6. The Morgan fingerprint density at radius 2 is 1.68 bits per heavy atom. The molecule has 0 bridgehead atoms. The van der Waals surface area contributed by atoms with Gasteiger partial charge >= 0.3 is 6.18 Å². The molecule has 1 aromatic carbocycles. The van der Waals surface area contributed by atoms with Gasteiger partial charge < -0.3 is 15.5 Å². The lowest BCUT2D eigenvalue weighted by molar-refractivity contribution is -0.194. The van der Waals surface area contributed by atoms with Gasteiger partial charge in [-0.15, -0.1) is 0 Å². The second-order valence-electron chi connectivity index (χ2n) is 9.60. The van der Waals surface area contributed by atoms with Crippen molar-refractivity contribution in [3.05, 3.63) is 58.7 Å². The molecule has 37 heavy (non-hydrogen) atoms. The molecular weight excluding hydrogens is 497 g/mol. The van der Waals surface area contributed by atoms with Crippen molar-refractivity contribution in [3.8, 4) is 0 Å². The fraction of sp³-hybridized carbons (Fsp3) is 0.520. The summed E-state index contributed by atoms with van der Waals surface area (Å²) >= 11 is 0. The Hall–Kier alpha value is -3.15. The number of alkyl halides is 3. The number of halogens is 5. The number of rotatable bonds is 10. The molecule has 202 valence electrons. The van der Waals surface area contributed by atoms with E-state index in [2.05, 4.69) is 20.6 Å². The number of aryl methyl sites for hydroxylation is 1. The zero-order valence-corrected chi connectivity index (χ0v) is 21.0. The number of nitrogens with zero attached hydrogens (tertiary/aromatic N) is 3. The highest BCUT2D eigenvalue weighted by molar-refractivity contribution is 5.94. The predicted octanol–water partition coefficient (Wildman–Crippen LogP) is 3.53. The summed E-state index contributed by atoms with van der Waals surface area (Å²) in [6.07, 6.45) is -2.60. The molecule has 0 radical (unpaired) electrons. The van der Waals surface area contributed by atoms with Crippen LogP contribution < -0.4 is 10.6 Å². The number of likely N-dealkylation sites (N-methyl/N-ethyl adjacent to an activating group) is 1. The Labute approximate surface area is 211 Å². The van der Waals surface area contributed by atoms with Gasteiger partial charge in [0.25, 0.3) is 5.91 Å². The zero-order valence-electron chi connectivity index (χ0n) is 21.0. The minimum Gasteiger partial charge on any atom is -0.355 e. The fourth-order valence-electron chi connectivity index (χ4n) is 4.41. The van der Waals surface area contributed by atoms with Crippen LogP contribution in [0.5, 0.6) is 0 Å². The lowest BCUT2D eigenvalue weighted by Crippen LogP contribution is -2.43. The van der Waals surface area contributed by atoms with Crippen molar-refractivity contribution < 1.29 is 31.5 Å². The van der Waals surface area contributed by atoms with Gasteiger partial charge in [-0.3, -0.25) is 9.59 Å². The molecule has 1 heterocycles. The number of benzene rings is 1. The molecule has 1 fully saturated rings. The van der Waals surface area contributed by atoms with Gasteiger partial charge in [-0.2, -0.15) is 13.2 Å². The van der Waals surface area contributed by atoms with E-state index in [0.29, 0.717) is 5.82 Å². The summed E-state index contributed by atoms with van der Waals surface area (Å²) in [6, 6.07) is 1.30. The van der Waals surface area contributed by atoms with Gasteiger partial charge in [0.05, 0.1) is 5.41 Å². The van der Waals surface area contributed by atoms with Crippen molar-refractivity contribution in [2.45, 2.75) is 50.7 Å². The zero-order chi connectivity index (χ0) is 27.5. The van der Waals surface area contributed by atoms with Gasteiger partial charge in [0.15, 0.2) is 0 Å². The molecule has 0 unspecified atom stereocenters. The van der Waals surface area contributed by atoms with Crippen LogP contribution in [0.15, 0.2) is 24.5 Å². The Morgan fingerprint density at radius 3 is 2.14 bits per heavy atom. The highest BCUT2D eigenvalue weighted by atomic mass is 19.4. The quantitative estimate of drug-likeness (QED) is 0.462. The van der Waals surface area contributed by atoms with Crippen molar-refractivity contribution in [1.82, 2.24) is 25.5 Å². The number of carbonyl (C=O) groups is 2. The summed E-state index contributed by atoms with van der Waals surface area (Å²) in [5.74, 6) is -3.82. The molecule has 0 saturated heterocycles. The van der Waals surface area contributed by atoms with Crippen LogP contribution in [0.2, 0.25) is 0 Å². The molecular formula is C25H30F5N5O2. The molecule has 12 heteroatoms. The van der Waals surface area contributed by atoms with Crippen LogP contribution in [0.1, 0.15) is 52.5 Å². The molecule has 1 saturated carbocycles. The first-order valence-corrected chi connectivity index (χ1v) is 11.8. The second-order valence-corrected chi connectivity index (χ2v) is 9.60. The van der Waals surface area contributed by atoms with E-state index in [0.717, 1.165) is 12.1 Å². The topological polar surface area (TPSA) is 87.2 Å². The number of amides is 2. The first-order chi connectivity index (χ1) is 17.3. The maximum absolute atomic E-state index is 14.6. The van der Waals surface area contributed by atoms with Crippen LogP contribution in [0.4, 0.5) is 22.0 Å². The first-order valence-electron chi connectivity index (χ1n) is 11.8. The Bertz CT molecular complexity index is 1110. The van der Waals surface area contributed by atoms with E-state index in [1.54, 1.807) is 25.9 Å². The number of aromatic nitrogens is 2. The average molecular weight is 528 g/mol. The van der Waals surface area contributed by atoms with E-state index < -0.39 is 53.4 Å². The van der Waals surface area contributed by atoms with E-state index in [9.17, 15) is 31.5 Å². The number of hydrogen-bond donors (Lipinski definition) is 2. The summed E-state index contributed by atoms with van der Waals surface area (Å²) in [6.45, 7) is 1.55. The summed E-state index contributed by atoms with van der Waals surface area (Å²) in [5, 5.41) is 4.92. The minimum atomic E-state index is -4.50. The van der Waals surface area contributed by atoms with Crippen LogP contribution in [-0.2, 0) is 11.2 Å². The highest BCUT2D eigenvalue weighted by Gasteiger charge is 2.67. The van der Waals surface area contributed by atoms with E-state index in [1.165, 1.54) is 19.4 Å². The van der Waals surface area contributed by atoms with Gasteiger partial charge in [-0.25, -0.2) is 18.7 Å². The van der Waals surface area contributed by atoms with Crippen LogP contribution in [0, 0.1) is 24.0 Å². The van der Waals surface area contributed by atoms with Crippen LogP contribution in [0.3, 0.4) is 0 Å². The minimum absolute atomic E-state index is 0.0575.